The summed E-state index contributed by atoms with van der Waals surface area (Å²) in [6.45, 7) is 4.97. The van der Waals surface area contributed by atoms with Crippen LogP contribution in [0.2, 0.25) is 5.02 Å². The molecule has 0 bridgehead atoms. The van der Waals surface area contributed by atoms with Crippen molar-refractivity contribution in [1.29, 1.82) is 0 Å². The second-order valence-electron chi connectivity index (χ2n) is 5.87. The SMILES string of the molecule is CSc1ccc(/C=N/N2CCN(Cc3ccc(Cl)cc3)CC2)cc1. The summed E-state index contributed by atoms with van der Waals surface area (Å²) in [4.78, 5) is 3.74. The molecule has 1 saturated heterocycles. The minimum absolute atomic E-state index is 0.795. The highest BCUT2D eigenvalue weighted by Crippen LogP contribution is 2.15. The number of halogens is 1. The summed E-state index contributed by atoms with van der Waals surface area (Å²) in [6, 6.07) is 16.6. The molecule has 0 N–H and O–H groups in total. The van der Waals surface area contributed by atoms with Gasteiger partial charge in [-0.3, -0.25) is 9.91 Å². The van der Waals surface area contributed by atoms with Crippen molar-refractivity contribution in [2.75, 3.05) is 32.4 Å². The third-order valence-corrected chi connectivity index (χ3v) is 5.15. The van der Waals surface area contributed by atoms with E-state index in [1.54, 1.807) is 11.8 Å². The van der Waals surface area contributed by atoms with E-state index >= 15 is 0 Å². The van der Waals surface area contributed by atoms with Crippen molar-refractivity contribution >= 4 is 29.6 Å². The van der Waals surface area contributed by atoms with Gasteiger partial charge < -0.3 is 0 Å². The number of thioether (sulfide) groups is 1. The molecule has 126 valence electrons. The molecular weight excluding hydrogens is 338 g/mol. The standard InChI is InChI=1S/C19H22ClN3S/c1-24-19-8-4-16(5-9-19)14-21-23-12-10-22(11-13-23)15-17-2-6-18(20)7-3-17/h2-9,14H,10-13,15H2,1H3/b21-14+. The maximum atomic E-state index is 5.94. The van der Waals surface area contributed by atoms with Crippen molar-refractivity contribution in [3.63, 3.8) is 0 Å². The van der Waals surface area contributed by atoms with Crippen LogP contribution in [-0.4, -0.2) is 48.6 Å². The lowest BCUT2D eigenvalue weighted by Gasteiger charge is -2.33. The van der Waals surface area contributed by atoms with Crippen LogP contribution in [-0.2, 0) is 6.54 Å². The Hall–Kier alpha value is -1.49. The lowest BCUT2D eigenvalue weighted by molar-refractivity contribution is 0.131. The van der Waals surface area contributed by atoms with Gasteiger partial charge in [0.05, 0.1) is 6.21 Å². The normalized spacial score (nSPS) is 16.0. The summed E-state index contributed by atoms with van der Waals surface area (Å²) >= 11 is 7.70. The first-order valence-corrected chi connectivity index (χ1v) is 9.73. The molecule has 0 atom stereocenters. The molecule has 1 fully saturated rings. The lowest BCUT2D eigenvalue weighted by atomic mass is 10.2. The topological polar surface area (TPSA) is 18.8 Å². The minimum atomic E-state index is 0.795. The van der Waals surface area contributed by atoms with Gasteiger partial charge in [-0.25, -0.2) is 0 Å². The van der Waals surface area contributed by atoms with Crippen molar-refractivity contribution in [1.82, 2.24) is 9.91 Å². The van der Waals surface area contributed by atoms with Gasteiger partial charge in [-0.1, -0.05) is 35.9 Å². The summed E-state index contributed by atoms with van der Waals surface area (Å²) in [7, 11) is 0. The second-order valence-corrected chi connectivity index (χ2v) is 7.19. The second kappa shape index (κ2) is 8.56. The fraction of sp³-hybridized carbons (Fsp3) is 0.316. The number of rotatable bonds is 5. The van der Waals surface area contributed by atoms with Gasteiger partial charge in [0.15, 0.2) is 0 Å². The number of hydrogen-bond acceptors (Lipinski definition) is 4. The Morgan fingerprint density at radius 3 is 2.29 bits per heavy atom. The third-order valence-electron chi connectivity index (χ3n) is 4.15. The van der Waals surface area contributed by atoms with E-state index in [2.05, 4.69) is 57.7 Å². The zero-order valence-corrected chi connectivity index (χ0v) is 15.4. The van der Waals surface area contributed by atoms with E-state index in [9.17, 15) is 0 Å². The van der Waals surface area contributed by atoms with Crippen molar-refractivity contribution in [2.24, 2.45) is 5.10 Å². The quantitative estimate of drug-likeness (QED) is 0.588. The fourth-order valence-corrected chi connectivity index (χ4v) is 3.23. The number of piperazine rings is 1. The number of hydrogen-bond donors (Lipinski definition) is 0. The van der Waals surface area contributed by atoms with Gasteiger partial charge in [0.1, 0.15) is 0 Å². The summed E-state index contributed by atoms with van der Waals surface area (Å²) in [6.07, 6.45) is 4.05. The van der Waals surface area contributed by atoms with E-state index in [-0.39, 0.29) is 0 Å². The zero-order chi connectivity index (χ0) is 16.8. The molecular formula is C19H22ClN3S. The summed E-state index contributed by atoms with van der Waals surface area (Å²) in [5, 5.41) is 7.57. The Balaban J connectivity index is 1.47. The third kappa shape index (κ3) is 5.00. The number of hydrazone groups is 1. The number of benzene rings is 2. The van der Waals surface area contributed by atoms with Crippen molar-refractivity contribution < 1.29 is 0 Å². The largest absolute Gasteiger partial charge is 0.295 e. The van der Waals surface area contributed by atoms with Crippen molar-refractivity contribution in [3.05, 3.63) is 64.7 Å². The molecule has 1 aliphatic rings. The van der Waals surface area contributed by atoms with E-state index < -0.39 is 0 Å². The van der Waals surface area contributed by atoms with Crippen LogP contribution in [0.5, 0.6) is 0 Å². The molecule has 24 heavy (non-hydrogen) atoms. The van der Waals surface area contributed by atoms with E-state index in [0.29, 0.717) is 0 Å². The maximum Gasteiger partial charge on any atom is 0.0542 e. The lowest BCUT2D eigenvalue weighted by Crippen LogP contribution is -2.43. The van der Waals surface area contributed by atoms with Gasteiger partial charge >= 0.3 is 0 Å². The van der Waals surface area contributed by atoms with Crippen LogP contribution >= 0.6 is 23.4 Å². The minimum Gasteiger partial charge on any atom is -0.295 e. The molecule has 0 spiro atoms. The predicted octanol–water partition coefficient (Wildman–Crippen LogP) is 4.21. The first-order chi connectivity index (χ1) is 11.7. The molecule has 5 heteroatoms. The van der Waals surface area contributed by atoms with Gasteiger partial charge in [0.25, 0.3) is 0 Å². The van der Waals surface area contributed by atoms with Crippen LogP contribution in [0.4, 0.5) is 0 Å². The van der Waals surface area contributed by atoms with E-state index in [1.807, 2.05) is 18.3 Å². The average molecular weight is 360 g/mol. The molecule has 3 nitrogen and oxygen atoms in total. The van der Waals surface area contributed by atoms with Crippen molar-refractivity contribution in [2.45, 2.75) is 11.4 Å². The van der Waals surface area contributed by atoms with Crippen LogP contribution in [0.1, 0.15) is 11.1 Å². The molecule has 3 rings (SSSR count). The van der Waals surface area contributed by atoms with Crippen LogP contribution < -0.4 is 0 Å². The number of nitrogens with zero attached hydrogens (tertiary/aromatic N) is 3. The first-order valence-electron chi connectivity index (χ1n) is 8.13. The molecule has 1 aliphatic heterocycles. The van der Waals surface area contributed by atoms with Gasteiger partial charge in [0.2, 0.25) is 0 Å². The van der Waals surface area contributed by atoms with E-state index in [1.165, 1.54) is 10.5 Å². The molecule has 2 aromatic rings. The molecule has 0 aliphatic carbocycles. The monoisotopic (exact) mass is 359 g/mol. The Morgan fingerprint density at radius 2 is 1.67 bits per heavy atom. The predicted molar refractivity (Wildman–Crippen MR) is 104 cm³/mol. The van der Waals surface area contributed by atoms with E-state index in [0.717, 1.165) is 43.3 Å². The van der Waals surface area contributed by atoms with Gasteiger partial charge in [0, 0.05) is 42.6 Å². The first kappa shape index (κ1) is 17.3. The summed E-state index contributed by atoms with van der Waals surface area (Å²) < 4.78 is 0. The highest BCUT2D eigenvalue weighted by atomic mass is 35.5. The molecule has 0 amide bonds. The van der Waals surface area contributed by atoms with Crippen LogP contribution in [0.15, 0.2) is 58.5 Å². The van der Waals surface area contributed by atoms with Crippen LogP contribution in [0.3, 0.4) is 0 Å². The molecule has 0 radical (unpaired) electrons. The molecule has 0 aromatic heterocycles. The van der Waals surface area contributed by atoms with Gasteiger partial charge in [-0.15, -0.1) is 11.8 Å². The fourth-order valence-electron chi connectivity index (χ4n) is 2.70. The Kier molecular flexibility index (Phi) is 6.18. The Labute approximate surface area is 153 Å². The molecule has 2 aromatic carbocycles. The summed E-state index contributed by atoms with van der Waals surface area (Å²) in [5.41, 5.74) is 2.46. The molecule has 0 unspecified atom stereocenters. The van der Waals surface area contributed by atoms with E-state index in [4.69, 9.17) is 11.6 Å². The van der Waals surface area contributed by atoms with Gasteiger partial charge in [-0.2, -0.15) is 5.10 Å². The Morgan fingerprint density at radius 1 is 1.00 bits per heavy atom. The summed E-state index contributed by atoms with van der Waals surface area (Å²) in [5.74, 6) is 0. The highest BCUT2D eigenvalue weighted by Gasteiger charge is 2.15. The van der Waals surface area contributed by atoms with Crippen LogP contribution in [0.25, 0.3) is 0 Å². The van der Waals surface area contributed by atoms with Crippen molar-refractivity contribution in [3.8, 4) is 0 Å². The molecule has 0 saturated carbocycles. The molecule has 1 heterocycles. The van der Waals surface area contributed by atoms with Gasteiger partial charge in [-0.05, 0) is 41.6 Å². The maximum absolute atomic E-state index is 5.94. The average Bonchev–Trinajstić information content (AvgIpc) is 2.63. The highest BCUT2D eigenvalue weighted by molar-refractivity contribution is 7.98. The Bertz CT molecular complexity index is 662. The van der Waals surface area contributed by atoms with Crippen LogP contribution in [0, 0.1) is 0 Å². The smallest absolute Gasteiger partial charge is 0.0542 e. The zero-order valence-electron chi connectivity index (χ0n) is 13.9.